The summed E-state index contributed by atoms with van der Waals surface area (Å²) in [5, 5.41) is 25.9. The molecule has 8 nitrogen and oxygen atoms in total. The fourth-order valence-electron chi connectivity index (χ4n) is 7.35. The van der Waals surface area contributed by atoms with Gasteiger partial charge in [0.2, 0.25) is 5.91 Å². The molecule has 0 saturated heterocycles. The monoisotopic (exact) mass is 682 g/mol. The zero-order chi connectivity index (χ0) is 34.9. The van der Waals surface area contributed by atoms with Crippen LogP contribution in [0.15, 0.2) is 83.4 Å². The van der Waals surface area contributed by atoms with Crippen LogP contribution in [0.2, 0.25) is 5.02 Å². The van der Waals surface area contributed by atoms with Gasteiger partial charge in [-0.25, -0.2) is 4.99 Å². The van der Waals surface area contributed by atoms with Crippen molar-refractivity contribution < 1.29 is 19.5 Å². The zero-order valence-corrected chi connectivity index (χ0v) is 28.4. The van der Waals surface area contributed by atoms with Crippen LogP contribution in [0.4, 0.5) is 0 Å². The number of carbonyl (C=O) groups excluding carboxylic acids is 3. The Labute approximate surface area is 294 Å². The summed E-state index contributed by atoms with van der Waals surface area (Å²) in [5.74, 6) is -0.767. The highest BCUT2D eigenvalue weighted by Gasteiger charge is 2.36. The van der Waals surface area contributed by atoms with Gasteiger partial charge >= 0.3 is 0 Å². The molecule has 250 valence electrons. The molecule has 50 heavy (non-hydrogen) atoms. The van der Waals surface area contributed by atoms with Crippen LogP contribution < -0.4 is 5.32 Å². The number of nitriles is 1. The van der Waals surface area contributed by atoms with Gasteiger partial charge in [0.05, 0.1) is 24.3 Å². The highest BCUT2D eigenvalue weighted by atomic mass is 35.5. The molecule has 9 heteroatoms. The van der Waals surface area contributed by atoms with Crippen LogP contribution >= 0.6 is 11.6 Å². The highest BCUT2D eigenvalue weighted by molar-refractivity contribution is 6.50. The van der Waals surface area contributed by atoms with Gasteiger partial charge in [-0.15, -0.1) is 0 Å². The van der Waals surface area contributed by atoms with Crippen molar-refractivity contribution in [3.63, 3.8) is 0 Å². The quantitative estimate of drug-likeness (QED) is 0.133. The Hall–Kier alpha value is -5.36. The van der Waals surface area contributed by atoms with Crippen LogP contribution in [0.1, 0.15) is 76.0 Å². The third-order valence-corrected chi connectivity index (χ3v) is 10.1. The predicted octanol–water partition coefficient (Wildman–Crippen LogP) is 7.41. The number of fused-ring (bicyclic) bond motifs is 4. The first kappa shape index (κ1) is 33.2. The Morgan fingerprint density at radius 1 is 0.940 bits per heavy atom. The number of carbonyl (C=O) groups is 3. The second-order valence-corrected chi connectivity index (χ2v) is 13.3. The lowest BCUT2D eigenvalue weighted by Gasteiger charge is -2.10. The van der Waals surface area contributed by atoms with E-state index in [2.05, 4.69) is 22.4 Å². The molecule has 1 aliphatic carbocycles. The average Bonchev–Trinajstić information content (AvgIpc) is 3.72. The van der Waals surface area contributed by atoms with Crippen LogP contribution in [-0.4, -0.2) is 39.7 Å². The van der Waals surface area contributed by atoms with E-state index in [0.717, 1.165) is 71.4 Å². The highest BCUT2D eigenvalue weighted by Crippen LogP contribution is 2.43. The lowest BCUT2D eigenvalue weighted by Crippen LogP contribution is -2.26. The summed E-state index contributed by atoms with van der Waals surface area (Å²) >= 11 is 6.04. The molecule has 2 aliphatic rings. The maximum absolute atomic E-state index is 13.5. The van der Waals surface area contributed by atoms with E-state index in [1.165, 1.54) is 5.56 Å². The summed E-state index contributed by atoms with van der Waals surface area (Å²) in [6.07, 6.45) is 6.08. The lowest BCUT2D eigenvalue weighted by atomic mass is 9.95. The molecule has 4 aromatic carbocycles. The number of aromatic nitrogens is 1. The summed E-state index contributed by atoms with van der Waals surface area (Å²) in [4.78, 5) is 43.1. The van der Waals surface area contributed by atoms with Gasteiger partial charge in [-0.3, -0.25) is 19.0 Å². The minimum atomic E-state index is -0.455. The van der Waals surface area contributed by atoms with Gasteiger partial charge in [0.25, 0.3) is 11.8 Å². The fraction of sp³-hybridized carbons (Fsp3) is 0.244. The molecule has 2 N–H and O–H groups in total. The van der Waals surface area contributed by atoms with Crippen LogP contribution in [-0.2, 0) is 29.0 Å². The molecular formula is C41H35ClN4O4. The molecule has 0 unspecified atom stereocenters. The van der Waals surface area contributed by atoms with Crippen LogP contribution in [0.3, 0.4) is 0 Å². The van der Waals surface area contributed by atoms with Gasteiger partial charge < -0.3 is 10.4 Å². The molecule has 0 saturated carbocycles. The van der Waals surface area contributed by atoms with Crippen LogP contribution in [0.5, 0.6) is 0 Å². The second-order valence-electron chi connectivity index (χ2n) is 12.9. The number of halogens is 1. The van der Waals surface area contributed by atoms with Crippen molar-refractivity contribution in [1.82, 2.24) is 9.88 Å². The summed E-state index contributed by atoms with van der Waals surface area (Å²) in [5.41, 5.74) is 7.88. The summed E-state index contributed by atoms with van der Waals surface area (Å²) in [6.45, 7) is 2.29. The van der Waals surface area contributed by atoms with Gasteiger partial charge in [-0.05, 0) is 95.6 Å². The first-order chi connectivity index (χ1) is 24.3. The zero-order valence-electron chi connectivity index (χ0n) is 27.7. The van der Waals surface area contributed by atoms with Crippen molar-refractivity contribution in [2.75, 3.05) is 6.54 Å². The van der Waals surface area contributed by atoms with Crippen molar-refractivity contribution in [2.45, 2.75) is 58.5 Å². The normalized spacial score (nSPS) is 13.2. The minimum absolute atomic E-state index is 0.107. The van der Waals surface area contributed by atoms with Crippen molar-refractivity contribution >= 4 is 62.3 Å². The third-order valence-electron chi connectivity index (χ3n) is 9.84. The number of amides is 2. The molecule has 0 spiro atoms. The first-order valence-corrected chi connectivity index (χ1v) is 17.3. The van der Waals surface area contributed by atoms with Gasteiger partial charge in [0, 0.05) is 39.3 Å². The van der Waals surface area contributed by atoms with Crippen LogP contribution in [0.25, 0.3) is 27.2 Å². The van der Waals surface area contributed by atoms with E-state index in [0.29, 0.717) is 45.2 Å². The van der Waals surface area contributed by atoms with Gasteiger partial charge in [-0.2, -0.15) is 5.26 Å². The van der Waals surface area contributed by atoms with E-state index in [9.17, 15) is 24.8 Å². The van der Waals surface area contributed by atoms with Gasteiger partial charge in [0.15, 0.2) is 0 Å². The van der Waals surface area contributed by atoms with E-state index < -0.39 is 5.91 Å². The molecule has 0 radical (unpaired) electrons. The van der Waals surface area contributed by atoms with Crippen molar-refractivity contribution in [2.24, 2.45) is 4.99 Å². The Morgan fingerprint density at radius 3 is 2.50 bits per heavy atom. The van der Waals surface area contributed by atoms with E-state index in [1.807, 2.05) is 43.3 Å². The number of hydrogen-bond acceptors (Lipinski definition) is 5. The molecule has 2 amide bonds. The van der Waals surface area contributed by atoms with Crippen molar-refractivity contribution in [3.8, 4) is 6.07 Å². The number of unbranched alkanes of at least 4 members (excludes halogenated alkanes) is 4. The number of benzene rings is 4. The first-order valence-electron chi connectivity index (χ1n) is 16.9. The molecule has 5 aromatic rings. The SMILES string of the molecule is Cc1c(CC(=O)NCCCCCCCc2ccc3c4c(cccc24)C2=NC(=O)C(C#N)=C23)c2cc(CO)ccc2n1C(=O)c1ccc(Cl)cc1. The number of rotatable bonds is 12. The summed E-state index contributed by atoms with van der Waals surface area (Å²) in [6, 6.07) is 24.5. The van der Waals surface area contributed by atoms with Crippen LogP contribution in [0, 0.1) is 18.3 Å². The molecule has 1 aliphatic heterocycles. The number of nitrogens with one attached hydrogen (secondary N) is 1. The largest absolute Gasteiger partial charge is 0.392 e. The number of aliphatic hydroxyl groups is 1. The number of allylic oxidation sites excluding steroid dienone is 1. The maximum Gasteiger partial charge on any atom is 0.288 e. The number of nitrogens with zero attached hydrogens (tertiary/aromatic N) is 3. The van der Waals surface area contributed by atoms with Crippen molar-refractivity contribution in [3.05, 3.63) is 122 Å². The number of aryl methyl sites for hydroxylation is 1. The summed E-state index contributed by atoms with van der Waals surface area (Å²) < 4.78 is 1.64. The van der Waals surface area contributed by atoms with Gasteiger partial charge in [-0.1, -0.05) is 67.3 Å². The molecule has 0 fully saturated rings. The topological polar surface area (TPSA) is 125 Å². The third kappa shape index (κ3) is 5.93. The molecule has 0 atom stereocenters. The number of aliphatic hydroxyl groups excluding tert-OH is 1. The molecule has 0 bridgehead atoms. The van der Waals surface area contributed by atoms with E-state index in [4.69, 9.17) is 11.6 Å². The number of aliphatic imine (C=N–C) groups is 1. The average molecular weight is 683 g/mol. The lowest BCUT2D eigenvalue weighted by molar-refractivity contribution is -0.120. The van der Waals surface area contributed by atoms with E-state index in [-0.39, 0.29) is 30.4 Å². The summed E-state index contributed by atoms with van der Waals surface area (Å²) in [7, 11) is 0. The molecular weight excluding hydrogens is 648 g/mol. The minimum Gasteiger partial charge on any atom is -0.392 e. The van der Waals surface area contributed by atoms with Gasteiger partial charge in [0.1, 0.15) is 11.6 Å². The Morgan fingerprint density at radius 2 is 1.72 bits per heavy atom. The molecule has 2 heterocycles. The number of hydrogen-bond donors (Lipinski definition) is 2. The molecule has 1 aromatic heterocycles. The second kappa shape index (κ2) is 13.9. The predicted molar refractivity (Wildman–Crippen MR) is 195 cm³/mol. The van der Waals surface area contributed by atoms with E-state index >= 15 is 0 Å². The smallest absolute Gasteiger partial charge is 0.288 e. The standard InChI is InChI=1S/C41H35ClN4O4/c1-24-32(33-20-25(23-47)11-18-35(33)46(24)41(50)27-12-15-28(42)16-13-27)21-36(48)44-19-6-4-2-3-5-8-26-14-17-30-37-29(26)9-7-10-31(37)39-38(30)34(22-43)40(49)45-39/h7,9-18,20,47H,2-6,8,19,21,23H2,1H3,(H,44,48). The van der Waals surface area contributed by atoms with E-state index in [1.54, 1.807) is 34.9 Å². The van der Waals surface area contributed by atoms with Crippen molar-refractivity contribution in [1.29, 1.82) is 5.26 Å². The maximum atomic E-state index is 13.5. The molecule has 7 rings (SSSR count). The Bertz CT molecular complexity index is 2330. The Balaban J connectivity index is 0.921. The Kier molecular flexibility index (Phi) is 9.20. The fourth-order valence-corrected chi connectivity index (χ4v) is 7.47.